The first-order valence-electron chi connectivity index (χ1n) is 6.14. The van der Waals surface area contributed by atoms with Gasteiger partial charge < -0.3 is 15.6 Å². The third-order valence-electron chi connectivity index (χ3n) is 3.07. The summed E-state index contributed by atoms with van der Waals surface area (Å²) < 4.78 is 13.9. The largest absolute Gasteiger partial charge is 0.398 e. The average molecular weight is 271 g/mol. The summed E-state index contributed by atoms with van der Waals surface area (Å²) in [6, 6.07) is 8.31. The molecule has 0 amide bonds. The topological polar surface area (TPSA) is 70.8 Å². The van der Waals surface area contributed by atoms with Crippen LogP contribution < -0.4 is 10.6 Å². The fourth-order valence-electron chi connectivity index (χ4n) is 2.04. The van der Waals surface area contributed by atoms with E-state index in [1.54, 1.807) is 12.1 Å². The van der Waals surface area contributed by atoms with E-state index in [2.05, 4.69) is 15.0 Å². The van der Waals surface area contributed by atoms with Crippen LogP contribution >= 0.6 is 0 Å². The molecule has 3 rings (SSSR count). The lowest BCUT2D eigenvalue weighted by Gasteiger charge is -2.09. The minimum atomic E-state index is -0.406. The molecule has 1 aromatic carbocycles. The van der Waals surface area contributed by atoms with Gasteiger partial charge in [0.15, 0.2) is 5.65 Å². The molecule has 3 N–H and O–H groups in total. The zero-order valence-corrected chi connectivity index (χ0v) is 11.2. The lowest BCUT2D eigenvalue weighted by Crippen LogP contribution is -2.10. The predicted molar refractivity (Wildman–Crippen MR) is 78.0 cm³/mol. The monoisotopic (exact) mass is 271 g/mol. The van der Waals surface area contributed by atoms with Gasteiger partial charge in [-0.05, 0) is 24.3 Å². The number of hydrogen-bond donors (Lipinski definition) is 2. The van der Waals surface area contributed by atoms with E-state index in [0.29, 0.717) is 17.2 Å². The number of fused-ring (bicyclic) bond motifs is 1. The van der Waals surface area contributed by atoms with Crippen LogP contribution in [-0.4, -0.2) is 29.0 Å². The second-order valence-corrected chi connectivity index (χ2v) is 4.72. The maximum Gasteiger partial charge on any atom is 0.180 e. The van der Waals surface area contributed by atoms with Crippen LogP contribution in [0, 0.1) is 5.82 Å². The number of rotatable bonds is 2. The molecule has 3 aromatic rings. The quantitative estimate of drug-likeness (QED) is 0.702. The lowest BCUT2D eigenvalue weighted by molar-refractivity contribution is 0.631. The molecule has 2 heterocycles. The fraction of sp³-hybridized carbons (Fsp3) is 0.143. The first kappa shape index (κ1) is 12.4. The number of halogens is 1. The van der Waals surface area contributed by atoms with E-state index < -0.39 is 5.82 Å². The number of nitrogen functional groups attached to an aromatic ring is 1. The van der Waals surface area contributed by atoms with Crippen LogP contribution in [0.15, 0.2) is 30.3 Å². The highest BCUT2D eigenvalue weighted by Crippen LogP contribution is 2.28. The van der Waals surface area contributed by atoms with Crippen molar-refractivity contribution in [3.8, 4) is 11.4 Å². The number of imidazole rings is 1. The minimum absolute atomic E-state index is 0.275. The molecular formula is C14H14FN5. The van der Waals surface area contributed by atoms with Gasteiger partial charge in [-0.15, -0.1) is 0 Å². The van der Waals surface area contributed by atoms with Gasteiger partial charge in [-0.3, -0.25) is 0 Å². The Morgan fingerprint density at radius 2 is 1.95 bits per heavy atom. The van der Waals surface area contributed by atoms with Crippen LogP contribution in [0.5, 0.6) is 0 Å². The zero-order valence-electron chi connectivity index (χ0n) is 11.2. The molecule has 102 valence electrons. The number of pyridine rings is 1. The summed E-state index contributed by atoms with van der Waals surface area (Å²) in [5, 5.41) is 0. The first-order chi connectivity index (χ1) is 9.56. The van der Waals surface area contributed by atoms with Gasteiger partial charge >= 0.3 is 0 Å². The van der Waals surface area contributed by atoms with E-state index in [4.69, 9.17) is 5.73 Å². The van der Waals surface area contributed by atoms with Crippen molar-refractivity contribution in [3.63, 3.8) is 0 Å². The Balaban J connectivity index is 2.18. The molecule has 0 atom stereocenters. The number of aromatic amines is 1. The highest BCUT2D eigenvalue weighted by molar-refractivity contribution is 5.81. The predicted octanol–water partition coefficient (Wildman–Crippen LogP) is 2.41. The van der Waals surface area contributed by atoms with Crippen molar-refractivity contribution in [2.75, 3.05) is 24.7 Å². The Morgan fingerprint density at radius 3 is 2.65 bits per heavy atom. The molecule has 0 aliphatic heterocycles. The van der Waals surface area contributed by atoms with Crippen molar-refractivity contribution in [1.82, 2.24) is 15.0 Å². The van der Waals surface area contributed by atoms with Gasteiger partial charge in [0.2, 0.25) is 0 Å². The number of benzene rings is 1. The zero-order chi connectivity index (χ0) is 14.3. The highest BCUT2D eigenvalue weighted by Gasteiger charge is 2.14. The van der Waals surface area contributed by atoms with Crippen molar-refractivity contribution in [2.45, 2.75) is 0 Å². The Kier molecular flexibility index (Phi) is 2.78. The highest BCUT2D eigenvalue weighted by atomic mass is 19.1. The van der Waals surface area contributed by atoms with Gasteiger partial charge in [0.1, 0.15) is 17.5 Å². The smallest absolute Gasteiger partial charge is 0.180 e. The van der Waals surface area contributed by atoms with E-state index in [1.165, 1.54) is 6.07 Å². The summed E-state index contributed by atoms with van der Waals surface area (Å²) in [7, 11) is 3.80. The minimum Gasteiger partial charge on any atom is -0.398 e. The summed E-state index contributed by atoms with van der Waals surface area (Å²) in [4.78, 5) is 13.7. The standard InChI is InChI=1S/C14H14FN5/c1-20(2)11-7-6-10-13(18-11)19-14(17-10)12-8(15)4-3-5-9(12)16/h3-7H,16H2,1-2H3,(H,17,18,19). The molecule has 0 radical (unpaired) electrons. The van der Waals surface area contributed by atoms with Gasteiger partial charge in [-0.25, -0.2) is 14.4 Å². The molecule has 6 heteroatoms. The van der Waals surface area contributed by atoms with E-state index in [-0.39, 0.29) is 5.56 Å². The molecule has 0 fully saturated rings. The molecule has 5 nitrogen and oxygen atoms in total. The van der Waals surface area contributed by atoms with Crippen molar-refractivity contribution < 1.29 is 4.39 Å². The average Bonchev–Trinajstić information content (AvgIpc) is 2.80. The fourth-order valence-corrected chi connectivity index (χ4v) is 2.04. The molecule has 2 aromatic heterocycles. The summed E-state index contributed by atoms with van der Waals surface area (Å²) >= 11 is 0. The number of nitrogens with zero attached hydrogens (tertiary/aromatic N) is 3. The number of nitrogens with two attached hydrogens (primary N) is 1. The van der Waals surface area contributed by atoms with Crippen LogP contribution in [0.25, 0.3) is 22.6 Å². The molecule has 0 spiro atoms. The molecule has 0 aliphatic rings. The summed E-state index contributed by atoms with van der Waals surface area (Å²) in [6.07, 6.45) is 0. The Morgan fingerprint density at radius 1 is 1.15 bits per heavy atom. The maximum atomic E-state index is 13.9. The van der Waals surface area contributed by atoms with Crippen LogP contribution in [0.4, 0.5) is 15.9 Å². The molecule has 0 unspecified atom stereocenters. The summed E-state index contributed by atoms with van der Waals surface area (Å²) in [6.45, 7) is 0. The lowest BCUT2D eigenvalue weighted by atomic mass is 10.1. The molecule has 0 aliphatic carbocycles. The van der Waals surface area contributed by atoms with Gasteiger partial charge in [-0.2, -0.15) is 0 Å². The Hall–Kier alpha value is -2.63. The van der Waals surface area contributed by atoms with Gasteiger partial charge in [0.25, 0.3) is 0 Å². The summed E-state index contributed by atoms with van der Waals surface area (Å²) in [5.74, 6) is 0.771. The van der Waals surface area contributed by atoms with Crippen LogP contribution in [-0.2, 0) is 0 Å². The molecule has 20 heavy (non-hydrogen) atoms. The van der Waals surface area contributed by atoms with Crippen molar-refractivity contribution >= 4 is 22.7 Å². The normalized spacial score (nSPS) is 10.9. The third kappa shape index (κ3) is 1.95. The van der Waals surface area contributed by atoms with Crippen molar-refractivity contribution in [3.05, 3.63) is 36.1 Å². The van der Waals surface area contributed by atoms with E-state index in [9.17, 15) is 4.39 Å². The molecule has 0 bridgehead atoms. The Bertz CT molecular complexity index is 758. The Labute approximate surface area is 115 Å². The van der Waals surface area contributed by atoms with Crippen LogP contribution in [0.2, 0.25) is 0 Å². The van der Waals surface area contributed by atoms with E-state index in [1.807, 2.05) is 31.1 Å². The van der Waals surface area contributed by atoms with Gasteiger partial charge in [0, 0.05) is 19.8 Å². The number of nitrogens with one attached hydrogen (secondary N) is 1. The van der Waals surface area contributed by atoms with Crippen LogP contribution in [0.3, 0.4) is 0 Å². The SMILES string of the molecule is CN(C)c1ccc2[nH]c(-c3c(N)cccc3F)nc2n1. The van der Waals surface area contributed by atoms with Gasteiger partial charge in [-0.1, -0.05) is 6.07 Å². The molecule has 0 saturated carbocycles. The second-order valence-electron chi connectivity index (χ2n) is 4.72. The van der Waals surface area contributed by atoms with Crippen LogP contribution in [0.1, 0.15) is 0 Å². The van der Waals surface area contributed by atoms with Crippen molar-refractivity contribution in [1.29, 1.82) is 0 Å². The number of H-pyrrole nitrogens is 1. The van der Waals surface area contributed by atoms with E-state index in [0.717, 1.165) is 11.3 Å². The van der Waals surface area contributed by atoms with Crippen molar-refractivity contribution in [2.24, 2.45) is 0 Å². The molecular weight excluding hydrogens is 257 g/mol. The first-order valence-corrected chi connectivity index (χ1v) is 6.14. The summed E-state index contributed by atoms with van der Waals surface area (Å²) in [5.41, 5.74) is 7.72. The number of hydrogen-bond acceptors (Lipinski definition) is 4. The number of aromatic nitrogens is 3. The maximum absolute atomic E-state index is 13.9. The van der Waals surface area contributed by atoms with Gasteiger partial charge in [0.05, 0.1) is 11.1 Å². The third-order valence-corrected chi connectivity index (χ3v) is 3.07. The van der Waals surface area contributed by atoms with E-state index >= 15 is 0 Å². The molecule has 0 saturated heterocycles. The number of anilines is 2. The second kappa shape index (κ2) is 4.48.